The first kappa shape index (κ1) is 14.3. The molecule has 5 heteroatoms. The molecule has 0 amide bonds. The molecule has 0 heterocycles. The quantitative estimate of drug-likeness (QED) is 0.745. The first-order valence-electron chi connectivity index (χ1n) is 5.78. The number of hydrogen-bond acceptors (Lipinski definition) is 4. The Bertz CT molecular complexity index is 421. The summed E-state index contributed by atoms with van der Waals surface area (Å²) in [6.45, 7) is 2.02. The summed E-state index contributed by atoms with van der Waals surface area (Å²) >= 11 is 0. The second kappa shape index (κ2) is 6.26. The number of anilines is 1. The van der Waals surface area contributed by atoms with Crippen molar-refractivity contribution in [3.8, 4) is 5.75 Å². The zero-order chi connectivity index (χ0) is 13.7. The number of aliphatic carboxylic acids is 1. The number of nitrogens with zero attached hydrogens (tertiary/aromatic N) is 1. The molecule has 0 saturated carbocycles. The first-order chi connectivity index (χ1) is 8.43. The Hall–Kier alpha value is -1.75. The Labute approximate surface area is 107 Å². The number of nitrogen functional groups attached to an aromatic ring is 1. The summed E-state index contributed by atoms with van der Waals surface area (Å²) in [6.07, 6.45) is 0.748. The van der Waals surface area contributed by atoms with Crippen molar-refractivity contribution in [2.45, 2.75) is 19.4 Å². The Kier molecular flexibility index (Phi) is 4.97. The highest BCUT2D eigenvalue weighted by atomic mass is 16.5. The van der Waals surface area contributed by atoms with Crippen LogP contribution >= 0.6 is 0 Å². The SMILES string of the molecule is COc1ccc(CC(C)N(C)CC(=O)O)cc1N. The Morgan fingerprint density at radius 2 is 2.22 bits per heavy atom. The van der Waals surface area contributed by atoms with Crippen LogP contribution in [-0.2, 0) is 11.2 Å². The highest BCUT2D eigenvalue weighted by Crippen LogP contribution is 2.22. The first-order valence-corrected chi connectivity index (χ1v) is 5.78. The maximum absolute atomic E-state index is 10.6. The van der Waals surface area contributed by atoms with E-state index in [4.69, 9.17) is 15.6 Å². The molecule has 1 aromatic carbocycles. The van der Waals surface area contributed by atoms with Gasteiger partial charge in [0, 0.05) is 6.04 Å². The van der Waals surface area contributed by atoms with Gasteiger partial charge in [0.25, 0.3) is 0 Å². The van der Waals surface area contributed by atoms with E-state index in [2.05, 4.69) is 0 Å². The average Bonchev–Trinajstić information content (AvgIpc) is 2.28. The zero-order valence-electron chi connectivity index (χ0n) is 11.0. The van der Waals surface area contributed by atoms with Crippen molar-refractivity contribution in [3.05, 3.63) is 23.8 Å². The molecule has 0 bridgehead atoms. The normalized spacial score (nSPS) is 12.4. The van der Waals surface area contributed by atoms with Gasteiger partial charge in [0.2, 0.25) is 0 Å². The summed E-state index contributed by atoms with van der Waals surface area (Å²) in [5.41, 5.74) is 7.50. The third kappa shape index (κ3) is 3.92. The number of carboxylic acid groups (broad SMARTS) is 1. The molecule has 0 radical (unpaired) electrons. The number of rotatable bonds is 6. The fraction of sp³-hybridized carbons (Fsp3) is 0.462. The summed E-state index contributed by atoms with van der Waals surface area (Å²) in [4.78, 5) is 12.4. The highest BCUT2D eigenvalue weighted by molar-refractivity contribution is 5.69. The summed E-state index contributed by atoms with van der Waals surface area (Å²) < 4.78 is 5.09. The number of carboxylic acids is 1. The van der Waals surface area contributed by atoms with E-state index in [0.29, 0.717) is 11.4 Å². The molecular weight excluding hydrogens is 232 g/mol. The second-order valence-electron chi connectivity index (χ2n) is 4.44. The van der Waals surface area contributed by atoms with Gasteiger partial charge in [0.1, 0.15) is 5.75 Å². The number of benzene rings is 1. The molecule has 5 nitrogen and oxygen atoms in total. The molecular formula is C13H20N2O3. The Balaban J connectivity index is 2.67. The lowest BCUT2D eigenvalue weighted by Crippen LogP contribution is -2.35. The van der Waals surface area contributed by atoms with E-state index in [1.807, 2.05) is 25.1 Å². The highest BCUT2D eigenvalue weighted by Gasteiger charge is 2.13. The van der Waals surface area contributed by atoms with Crippen LogP contribution in [0.5, 0.6) is 5.75 Å². The third-order valence-electron chi connectivity index (χ3n) is 2.96. The van der Waals surface area contributed by atoms with Gasteiger partial charge in [-0.1, -0.05) is 6.07 Å². The van der Waals surface area contributed by atoms with Gasteiger partial charge in [-0.25, -0.2) is 0 Å². The molecule has 1 unspecified atom stereocenters. The number of methoxy groups -OCH3 is 1. The minimum atomic E-state index is -0.821. The molecule has 0 aliphatic rings. The van der Waals surface area contributed by atoms with Crippen LogP contribution in [-0.4, -0.2) is 42.7 Å². The molecule has 1 aromatic rings. The number of hydrogen-bond donors (Lipinski definition) is 2. The molecule has 0 aromatic heterocycles. The Morgan fingerprint density at radius 3 is 2.72 bits per heavy atom. The average molecular weight is 252 g/mol. The van der Waals surface area contributed by atoms with Crippen molar-refractivity contribution in [1.82, 2.24) is 4.90 Å². The molecule has 0 spiro atoms. The van der Waals surface area contributed by atoms with E-state index in [1.165, 1.54) is 0 Å². The lowest BCUT2D eigenvalue weighted by atomic mass is 10.1. The van der Waals surface area contributed by atoms with E-state index in [0.717, 1.165) is 12.0 Å². The largest absolute Gasteiger partial charge is 0.495 e. The van der Waals surface area contributed by atoms with Gasteiger partial charge in [-0.05, 0) is 38.1 Å². The van der Waals surface area contributed by atoms with E-state index in [9.17, 15) is 4.79 Å². The van der Waals surface area contributed by atoms with Gasteiger partial charge in [0.15, 0.2) is 0 Å². The van der Waals surface area contributed by atoms with Gasteiger partial charge in [0.05, 0.1) is 19.3 Å². The number of carbonyl (C=O) groups is 1. The molecule has 0 saturated heterocycles. The second-order valence-corrected chi connectivity index (χ2v) is 4.44. The summed E-state index contributed by atoms with van der Waals surface area (Å²) in [6, 6.07) is 5.77. The van der Waals surface area contributed by atoms with Crippen molar-refractivity contribution in [3.63, 3.8) is 0 Å². The van der Waals surface area contributed by atoms with E-state index >= 15 is 0 Å². The lowest BCUT2D eigenvalue weighted by molar-refractivity contribution is -0.138. The predicted molar refractivity (Wildman–Crippen MR) is 70.8 cm³/mol. The minimum absolute atomic E-state index is 0.0345. The van der Waals surface area contributed by atoms with Crippen LogP contribution in [0.3, 0.4) is 0 Å². The minimum Gasteiger partial charge on any atom is -0.495 e. The van der Waals surface area contributed by atoms with Crippen LogP contribution in [0.25, 0.3) is 0 Å². The van der Waals surface area contributed by atoms with Crippen molar-refractivity contribution < 1.29 is 14.6 Å². The Morgan fingerprint density at radius 1 is 1.56 bits per heavy atom. The van der Waals surface area contributed by atoms with Crippen molar-refractivity contribution in [2.24, 2.45) is 0 Å². The van der Waals surface area contributed by atoms with Crippen LogP contribution in [0, 0.1) is 0 Å². The van der Waals surface area contributed by atoms with Crippen molar-refractivity contribution in [2.75, 3.05) is 26.4 Å². The summed E-state index contributed by atoms with van der Waals surface area (Å²) in [7, 11) is 3.38. The van der Waals surface area contributed by atoms with Gasteiger partial charge in [-0.2, -0.15) is 0 Å². The van der Waals surface area contributed by atoms with Crippen molar-refractivity contribution in [1.29, 1.82) is 0 Å². The fourth-order valence-corrected chi connectivity index (χ4v) is 1.78. The smallest absolute Gasteiger partial charge is 0.317 e. The molecule has 3 N–H and O–H groups in total. The molecule has 100 valence electrons. The summed E-state index contributed by atoms with van der Waals surface area (Å²) in [5.74, 6) is -0.163. The molecule has 1 rings (SSSR count). The number of nitrogens with two attached hydrogens (primary N) is 1. The molecule has 0 aliphatic carbocycles. The zero-order valence-corrected chi connectivity index (χ0v) is 11.0. The molecule has 1 atom stereocenters. The van der Waals surface area contributed by atoms with Crippen LogP contribution in [0.15, 0.2) is 18.2 Å². The van der Waals surface area contributed by atoms with Gasteiger partial charge in [-0.15, -0.1) is 0 Å². The topological polar surface area (TPSA) is 75.8 Å². The fourth-order valence-electron chi connectivity index (χ4n) is 1.78. The maximum Gasteiger partial charge on any atom is 0.317 e. The van der Waals surface area contributed by atoms with Crippen LogP contribution in [0.1, 0.15) is 12.5 Å². The third-order valence-corrected chi connectivity index (χ3v) is 2.96. The number of likely N-dealkylation sites (N-methyl/N-ethyl adjacent to an activating group) is 1. The van der Waals surface area contributed by atoms with E-state index in [-0.39, 0.29) is 12.6 Å². The molecule has 0 fully saturated rings. The van der Waals surface area contributed by atoms with Crippen LogP contribution in [0.2, 0.25) is 0 Å². The monoisotopic (exact) mass is 252 g/mol. The van der Waals surface area contributed by atoms with Gasteiger partial charge in [-0.3, -0.25) is 9.69 Å². The van der Waals surface area contributed by atoms with Crippen LogP contribution in [0.4, 0.5) is 5.69 Å². The molecule has 18 heavy (non-hydrogen) atoms. The standard InChI is InChI=1S/C13H20N2O3/c1-9(15(2)8-13(16)17)6-10-4-5-12(18-3)11(14)7-10/h4-5,7,9H,6,8,14H2,1-3H3,(H,16,17). The maximum atomic E-state index is 10.6. The van der Waals surface area contributed by atoms with E-state index in [1.54, 1.807) is 19.1 Å². The molecule has 0 aliphatic heterocycles. The van der Waals surface area contributed by atoms with E-state index < -0.39 is 5.97 Å². The lowest BCUT2D eigenvalue weighted by Gasteiger charge is -2.23. The van der Waals surface area contributed by atoms with Crippen LogP contribution < -0.4 is 10.5 Å². The van der Waals surface area contributed by atoms with Crippen molar-refractivity contribution >= 4 is 11.7 Å². The van der Waals surface area contributed by atoms with Gasteiger partial charge >= 0.3 is 5.97 Å². The number of ether oxygens (including phenoxy) is 1. The van der Waals surface area contributed by atoms with Gasteiger partial charge < -0.3 is 15.6 Å². The summed E-state index contributed by atoms with van der Waals surface area (Å²) in [5, 5.41) is 8.73. The predicted octanol–water partition coefficient (Wildman–Crippen LogP) is 1.22.